The number of rotatable bonds is 2. The number of hydrogen-bond acceptors (Lipinski definition) is 3. The monoisotopic (exact) mass is 233 g/mol. The maximum Gasteiger partial charge on any atom is 0.242 e. The zero-order valence-corrected chi connectivity index (χ0v) is 10.4. The zero-order valence-electron chi connectivity index (χ0n) is 10.4. The van der Waals surface area contributed by atoms with E-state index in [1.807, 2.05) is 17.0 Å². The largest absolute Gasteiger partial charge is 0.334 e. The van der Waals surface area contributed by atoms with Crippen LogP contribution in [0.25, 0.3) is 0 Å². The molecule has 0 aromatic carbocycles. The fourth-order valence-corrected chi connectivity index (χ4v) is 2.31. The topological polar surface area (TPSA) is 59.2 Å². The van der Waals surface area contributed by atoms with Crippen molar-refractivity contribution in [3.05, 3.63) is 30.1 Å². The average molecular weight is 233 g/mol. The summed E-state index contributed by atoms with van der Waals surface area (Å²) in [6.45, 7) is 4.32. The van der Waals surface area contributed by atoms with Crippen molar-refractivity contribution in [2.75, 3.05) is 6.54 Å². The van der Waals surface area contributed by atoms with Crippen LogP contribution in [0, 0.1) is 0 Å². The van der Waals surface area contributed by atoms with E-state index < -0.39 is 5.54 Å². The van der Waals surface area contributed by atoms with Crippen LogP contribution < -0.4 is 5.73 Å². The van der Waals surface area contributed by atoms with E-state index in [9.17, 15) is 4.79 Å². The summed E-state index contributed by atoms with van der Waals surface area (Å²) in [5, 5.41) is 0. The quantitative estimate of drug-likeness (QED) is 0.841. The maximum atomic E-state index is 12.2. The molecule has 1 aliphatic rings. The van der Waals surface area contributed by atoms with Crippen molar-refractivity contribution in [2.24, 2.45) is 5.73 Å². The van der Waals surface area contributed by atoms with Gasteiger partial charge in [-0.25, -0.2) is 0 Å². The van der Waals surface area contributed by atoms with E-state index in [0.717, 1.165) is 24.9 Å². The van der Waals surface area contributed by atoms with Gasteiger partial charge in [0.15, 0.2) is 0 Å². The lowest BCUT2D eigenvalue weighted by Gasteiger charge is -2.31. The molecule has 2 heterocycles. The fraction of sp³-hybridized carbons (Fsp3) is 0.538. The van der Waals surface area contributed by atoms with Crippen LogP contribution in [-0.4, -0.2) is 27.9 Å². The van der Waals surface area contributed by atoms with Gasteiger partial charge in [-0.05, 0) is 44.4 Å². The number of nitrogens with two attached hydrogens (primary N) is 1. The zero-order chi connectivity index (χ0) is 12.5. The number of nitrogens with zero attached hydrogens (tertiary/aromatic N) is 2. The molecule has 0 radical (unpaired) electrons. The molecule has 4 nitrogen and oxygen atoms in total. The summed E-state index contributed by atoms with van der Waals surface area (Å²) in [5.41, 5.74) is 6.25. The van der Waals surface area contributed by atoms with Crippen LogP contribution >= 0.6 is 0 Å². The van der Waals surface area contributed by atoms with Gasteiger partial charge in [-0.15, -0.1) is 0 Å². The van der Waals surface area contributed by atoms with Gasteiger partial charge >= 0.3 is 0 Å². The molecule has 2 rings (SSSR count). The summed E-state index contributed by atoms with van der Waals surface area (Å²) >= 11 is 0. The molecule has 0 saturated carbocycles. The SMILES string of the molecule is CC(C)(N)C(=O)N1CCCC1c1ccncc1. The summed E-state index contributed by atoms with van der Waals surface area (Å²) in [6.07, 6.45) is 5.58. The lowest BCUT2D eigenvalue weighted by Crippen LogP contribution is -2.50. The van der Waals surface area contributed by atoms with E-state index in [4.69, 9.17) is 5.73 Å². The molecule has 1 aromatic heterocycles. The number of carbonyl (C=O) groups excluding carboxylic acids is 1. The van der Waals surface area contributed by atoms with Crippen LogP contribution in [0.4, 0.5) is 0 Å². The Labute approximate surface area is 102 Å². The van der Waals surface area contributed by atoms with Gasteiger partial charge in [0.05, 0.1) is 11.6 Å². The highest BCUT2D eigenvalue weighted by Gasteiger charge is 2.35. The van der Waals surface area contributed by atoms with Crippen LogP contribution in [-0.2, 0) is 4.79 Å². The number of aromatic nitrogens is 1. The van der Waals surface area contributed by atoms with Gasteiger partial charge in [-0.1, -0.05) is 0 Å². The van der Waals surface area contributed by atoms with Gasteiger partial charge in [0.1, 0.15) is 0 Å². The van der Waals surface area contributed by atoms with Gasteiger partial charge in [-0.2, -0.15) is 0 Å². The first-order valence-corrected chi connectivity index (χ1v) is 6.00. The molecule has 1 aromatic rings. The predicted molar refractivity (Wildman–Crippen MR) is 66.2 cm³/mol. The first-order chi connectivity index (χ1) is 8.00. The molecular formula is C13H19N3O. The standard InChI is InChI=1S/C13H19N3O/c1-13(2,14)12(17)16-9-3-4-11(16)10-5-7-15-8-6-10/h5-8,11H,3-4,9,14H2,1-2H3. The highest BCUT2D eigenvalue weighted by atomic mass is 16.2. The minimum absolute atomic E-state index is 0.0248. The molecule has 92 valence electrons. The van der Waals surface area contributed by atoms with Crippen LogP contribution in [0.15, 0.2) is 24.5 Å². The molecule has 2 N–H and O–H groups in total. The summed E-state index contributed by atoms with van der Waals surface area (Å²) in [4.78, 5) is 18.1. The molecule has 0 bridgehead atoms. The maximum absolute atomic E-state index is 12.2. The van der Waals surface area contributed by atoms with Gasteiger partial charge < -0.3 is 10.6 Å². The number of hydrogen-bond donors (Lipinski definition) is 1. The van der Waals surface area contributed by atoms with Crippen molar-refractivity contribution in [3.8, 4) is 0 Å². The molecule has 0 spiro atoms. The number of carbonyl (C=O) groups is 1. The Morgan fingerprint density at radius 2 is 2.12 bits per heavy atom. The Bertz CT molecular complexity index is 397. The predicted octanol–water partition coefficient (Wildman–Crippen LogP) is 1.48. The summed E-state index contributed by atoms with van der Waals surface area (Å²) in [5.74, 6) is 0.0248. The second-order valence-electron chi connectivity index (χ2n) is 5.16. The third kappa shape index (κ3) is 2.47. The molecule has 1 saturated heterocycles. The van der Waals surface area contributed by atoms with E-state index >= 15 is 0 Å². The fourth-order valence-electron chi connectivity index (χ4n) is 2.31. The number of likely N-dealkylation sites (tertiary alicyclic amines) is 1. The highest BCUT2D eigenvalue weighted by Crippen LogP contribution is 2.32. The first kappa shape index (κ1) is 12.0. The molecular weight excluding hydrogens is 214 g/mol. The van der Waals surface area contributed by atoms with Gasteiger partial charge in [0.2, 0.25) is 5.91 Å². The molecule has 1 fully saturated rings. The summed E-state index contributed by atoms with van der Waals surface area (Å²) in [7, 11) is 0. The van der Waals surface area contributed by atoms with Gasteiger partial charge in [0, 0.05) is 18.9 Å². The minimum Gasteiger partial charge on any atom is -0.334 e. The van der Waals surface area contributed by atoms with Crippen molar-refractivity contribution >= 4 is 5.91 Å². The van der Waals surface area contributed by atoms with E-state index in [-0.39, 0.29) is 11.9 Å². The Hall–Kier alpha value is -1.42. The smallest absolute Gasteiger partial charge is 0.242 e. The lowest BCUT2D eigenvalue weighted by molar-refractivity contribution is -0.136. The molecule has 0 aliphatic carbocycles. The Morgan fingerprint density at radius 3 is 2.71 bits per heavy atom. The molecule has 1 atom stereocenters. The molecule has 4 heteroatoms. The number of amides is 1. The number of pyridine rings is 1. The molecule has 1 unspecified atom stereocenters. The Morgan fingerprint density at radius 1 is 1.47 bits per heavy atom. The van der Waals surface area contributed by atoms with Crippen molar-refractivity contribution in [1.29, 1.82) is 0 Å². The molecule has 17 heavy (non-hydrogen) atoms. The van der Waals surface area contributed by atoms with E-state index in [0.29, 0.717) is 0 Å². The van der Waals surface area contributed by atoms with E-state index in [1.54, 1.807) is 26.2 Å². The normalized spacial score (nSPS) is 20.6. The highest BCUT2D eigenvalue weighted by molar-refractivity contribution is 5.85. The minimum atomic E-state index is -0.796. The molecule has 1 amide bonds. The second-order valence-corrected chi connectivity index (χ2v) is 5.16. The average Bonchev–Trinajstić information content (AvgIpc) is 2.76. The first-order valence-electron chi connectivity index (χ1n) is 6.00. The molecule has 1 aliphatic heterocycles. The van der Waals surface area contributed by atoms with Crippen molar-refractivity contribution in [1.82, 2.24) is 9.88 Å². The van der Waals surface area contributed by atoms with Crippen molar-refractivity contribution in [3.63, 3.8) is 0 Å². The third-order valence-corrected chi connectivity index (χ3v) is 3.16. The lowest BCUT2D eigenvalue weighted by atomic mass is 10.0. The Balaban J connectivity index is 2.22. The summed E-state index contributed by atoms with van der Waals surface area (Å²) in [6, 6.07) is 4.10. The van der Waals surface area contributed by atoms with Crippen molar-refractivity contribution < 1.29 is 4.79 Å². The van der Waals surface area contributed by atoms with Crippen LogP contribution in [0.2, 0.25) is 0 Å². The van der Waals surface area contributed by atoms with Crippen LogP contribution in [0.5, 0.6) is 0 Å². The van der Waals surface area contributed by atoms with Gasteiger partial charge in [0.25, 0.3) is 0 Å². The Kier molecular flexibility index (Phi) is 3.15. The van der Waals surface area contributed by atoms with Crippen LogP contribution in [0.1, 0.15) is 38.3 Å². The summed E-state index contributed by atoms with van der Waals surface area (Å²) < 4.78 is 0. The van der Waals surface area contributed by atoms with E-state index in [2.05, 4.69) is 4.98 Å². The third-order valence-electron chi connectivity index (χ3n) is 3.16. The van der Waals surface area contributed by atoms with Gasteiger partial charge in [-0.3, -0.25) is 9.78 Å². The van der Waals surface area contributed by atoms with Crippen molar-refractivity contribution in [2.45, 2.75) is 38.3 Å². The van der Waals surface area contributed by atoms with E-state index in [1.165, 1.54) is 0 Å². The second kappa shape index (κ2) is 4.45. The van der Waals surface area contributed by atoms with Crippen LogP contribution in [0.3, 0.4) is 0 Å².